The highest BCUT2D eigenvalue weighted by molar-refractivity contribution is 5.97. The fourth-order valence-corrected chi connectivity index (χ4v) is 3.29. The van der Waals surface area contributed by atoms with E-state index in [-0.39, 0.29) is 5.91 Å². The number of rotatable bonds is 7. The van der Waals surface area contributed by atoms with Crippen LogP contribution in [-0.4, -0.2) is 43.0 Å². The van der Waals surface area contributed by atoms with Crippen molar-refractivity contribution in [3.8, 4) is 0 Å². The fourth-order valence-electron chi connectivity index (χ4n) is 3.29. The first kappa shape index (κ1) is 19.8. The Bertz CT molecular complexity index is 562. The van der Waals surface area contributed by atoms with Crippen LogP contribution in [0.4, 0.5) is 5.69 Å². The summed E-state index contributed by atoms with van der Waals surface area (Å²) in [5.41, 5.74) is 2.98. The highest BCUT2D eigenvalue weighted by Gasteiger charge is 2.25. The number of carbonyl (C=O) groups excluding carboxylic acids is 1. The van der Waals surface area contributed by atoms with Crippen LogP contribution >= 0.6 is 0 Å². The van der Waals surface area contributed by atoms with Gasteiger partial charge in [0.1, 0.15) is 0 Å². The van der Waals surface area contributed by atoms with Gasteiger partial charge >= 0.3 is 0 Å². The van der Waals surface area contributed by atoms with E-state index in [1.807, 2.05) is 17.0 Å². The number of hydrogen-bond acceptors (Lipinski definition) is 3. The molecule has 1 aromatic rings. The van der Waals surface area contributed by atoms with Crippen molar-refractivity contribution in [3.05, 3.63) is 29.3 Å². The third-order valence-electron chi connectivity index (χ3n) is 5.53. The normalized spacial score (nSPS) is 17.0. The summed E-state index contributed by atoms with van der Waals surface area (Å²) < 4.78 is 0. The molecular formula is C21H35N3O. The third-order valence-corrected chi connectivity index (χ3v) is 5.53. The molecule has 0 aliphatic carbocycles. The Morgan fingerprint density at radius 1 is 1.24 bits per heavy atom. The van der Waals surface area contributed by atoms with Crippen LogP contribution in [0.25, 0.3) is 0 Å². The minimum absolute atomic E-state index is 0.181. The first-order valence-corrected chi connectivity index (χ1v) is 9.80. The van der Waals surface area contributed by atoms with Crippen molar-refractivity contribution in [2.24, 2.45) is 11.8 Å². The van der Waals surface area contributed by atoms with Gasteiger partial charge in [0, 0.05) is 30.4 Å². The van der Waals surface area contributed by atoms with Crippen LogP contribution in [0.3, 0.4) is 0 Å². The summed E-state index contributed by atoms with van der Waals surface area (Å²) in [5, 5.41) is 6.98. The first-order chi connectivity index (χ1) is 11.9. The molecule has 1 heterocycles. The summed E-state index contributed by atoms with van der Waals surface area (Å²) in [4.78, 5) is 15.0. The molecule has 1 aliphatic rings. The average Bonchev–Trinajstić information content (AvgIpc) is 2.61. The number of benzene rings is 1. The number of nitrogens with zero attached hydrogens (tertiary/aromatic N) is 1. The summed E-state index contributed by atoms with van der Waals surface area (Å²) in [6.07, 6.45) is 2.19. The molecule has 0 aromatic heterocycles. The molecule has 0 spiro atoms. The van der Waals surface area contributed by atoms with Crippen LogP contribution < -0.4 is 10.6 Å². The zero-order chi connectivity index (χ0) is 18.4. The lowest BCUT2D eigenvalue weighted by molar-refractivity contribution is 0.0689. The molecule has 4 nitrogen and oxygen atoms in total. The number of piperidine rings is 1. The Kier molecular flexibility index (Phi) is 7.30. The van der Waals surface area contributed by atoms with Crippen molar-refractivity contribution >= 4 is 11.6 Å². The topological polar surface area (TPSA) is 44.4 Å². The van der Waals surface area contributed by atoms with Gasteiger partial charge in [0.25, 0.3) is 5.91 Å². The molecule has 4 heteroatoms. The molecule has 1 aromatic carbocycles. The summed E-state index contributed by atoms with van der Waals surface area (Å²) in [6.45, 7) is 14.6. The lowest BCUT2D eigenvalue weighted by Crippen LogP contribution is -2.41. The van der Waals surface area contributed by atoms with Gasteiger partial charge in [-0.3, -0.25) is 4.79 Å². The Balaban J connectivity index is 2.03. The maximum atomic E-state index is 13.0. The summed E-state index contributed by atoms with van der Waals surface area (Å²) in [7, 11) is 0. The van der Waals surface area contributed by atoms with Gasteiger partial charge < -0.3 is 15.5 Å². The number of carbonyl (C=O) groups is 1. The van der Waals surface area contributed by atoms with E-state index in [4.69, 9.17) is 0 Å². The Labute approximate surface area is 153 Å². The third kappa shape index (κ3) is 5.21. The van der Waals surface area contributed by atoms with Crippen LogP contribution in [0.5, 0.6) is 0 Å². The average molecular weight is 346 g/mol. The zero-order valence-corrected chi connectivity index (χ0v) is 16.6. The summed E-state index contributed by atoms with van der Waals surface area (Å²) in [5.74, 6) is 1.43. The van der Waals surface area contributed by atoms with Gasteiger partial charge in [-0.15, -0.1) is 0 Å². The van der Waals surface area contributed by atoms with Crippen molar-refractivity contribution in [2.45, 2.75) is 53.5 Å². The van der Waals surface area contributed by atoms with E-state index in [1.165, 1.54) is 0 Å². The second kappa shape index (κ2) is 9.23. The van der Waals surface area contributed by atoms with E-state index in [0.717, 1.165) is 55.8 Å². The first-order valence-electron chi connectivity index (χ1n) is 9.80. The van der Waals surface area contributed by atoms with Gasteiger partial charge in [-0.2, -0.15) is 0 Å². The number of anilines is 1. The van der Waals surface area contributed by atoms with E-state index >= 15 is 0 Å². The van der Waals surface area contributed by atoms with Gasteiger partial charge in [-0.1, -0.05) is 26.8 Å². The van der Waals surface area contributed by atoms with Crippen LogP contribution in [0.2, 0.25) is 0 Å². The van der Waals surface area contributed by atoms with Gasteiger partial charge in [0.05, 0.1) is 0 Å². The van der Waals surface area contributed by atoms with E-state index < -0.39 is 0 Å². The minimum atomic E-state index is 0.181. The number of nitrogens with one attached hydrogen (secondary N) is 2. The molecule has 0 bridgehead atoms. The van der Waals surface area contributed by atoms with Crippen molar-refractivity contribution in [1.29, 1.82) is 0 Å². The fraction of sp³-hybridized carbons (Fsp3) is 0.667. The molecule has 2 rings (SSSR count). The standard InChI is InChI=1S/C21H35N3O/c1-6-22-14-18-10-12-24(13-11-18)21(25)19-8-7-9-20(16(19)4)23-17(5)15(2)3/h7-9,15,17-18,22-23H,6,10-14H2,1-5H3. The Morgan fingerprint density at radius 3 is 2.52 bits per heavy atom. The molecule has 1 atom stereocenters. The minimum Gasteiger partial charge on any atom is -0.382 e. The zero-order valence-electron chi connectivity index (χ0n) is 16.6. The quantitative estimate of drug-likeness (QED) is 0.787. The van der Waals surface area contributed by atoms with Crippen LogP contribution in [0, 0.1) is 18.8 Å². The molecule has 1 fully saturated rings. The van der Waals surface area contributed by atoms with Crippen LogP contribution in [-0.2, 0) is 0 Å². The SMILES string of the molecule is CCNCC1CCN(C(=O)c2cccc(NC(C)C(C)C)c2C)CC1. The highest BCUT2D eigenvalue weighted by atomic mass is 16.2. The molecule has 0 saturated carbocycles. The van der Waals surface area contributed by atoms with Gasteiger partial charge in [0.2, 0.25) is 0 Å². The second-order valence-corrected chi connectivity index (χ2v) is 7.70. The van der Waals surface area contributed by atoms with Crippen LogP contribution in [0.1, 0.15) is 56.5 Å². The van der Waals surface area contributed by atoms with E-state index in [1.54, 1.807) is 0 Å². The van der Waals surface area contributed by atoms with E-state index in [0.29, 0.717) is 17.9 Å². The monoisotopic (exact) mass is 345 g/mol. The molecule has 1 amide bonds. The maximum absolute atomic E-state index is 13.0. The molecule has 2 N–H and O–H groups in total. The van der Waals surface area contributed by atoms with Gasteiger partial charge in [-0.05, 0) is 69.3 Å². The van der Waals surface area contributed by atoms with Crippen molar-refractivity contribution in [2.75, 3.05) is 31.5 Å². The molecular weight excluding hydrogens is 310 g/mol. The lowest BCUT2D eigenvalue weighted by atomic mass is 9.95. The molecule has 0 radical (unpaired) electrons. The van der Waals surface area contributed by atoms with Gasteiger partial charge in [0.15, 0.2) is 0 Å². The predicted molar refractivity (Wildman–Crippen MR) is 106 cm³/mol. The largest absolute Gasteiger partial charge is 0.382 e. The summed E-state index contributed by atoms with van der Waals surface area (Å²) in [6, 6.07) is 6.42. The van der Waals surface area contributed by atoms with E-state index in [2.05, 4.69) is 51.3 Å². The molecule has 1 aliphatic heterocycles. The Morgan fingerprint density at radius 2 is 1.92 bits per heavy atom. The van der Waals surface area contributed by atoms with E-state index in [9.17, 15) is 4.79 Å². The summed E-state index contributed by atoms with van der Waals surface area (Å²) >= 11 is 0. The predicted octanol–water partition coefficient (Wildman–Crippen LogP) is 3.91. The smallest absolute Gasteiger partial charge is 0.254 e. The number of hydrogen-bond donors (Lipinski definition) is 2. The van der Waals surface area contributed by atoms with Gasteiger partial charge in [-0.25, -0.2) is 0 Å². The van der Waals surface area contributed by atoms with Crippen molar-refractivity contribution in [1.82, 2.24) is 10.2 Å². The molecule has 1 unspecified atom stereocenters. The maximum Gasteiger partial charge on any atom is 0.254 e. The molecule has 1 saturated heterocycles. The lowest BCUT2D eigenvalue weighted by Gasteiger charge is -2.32. The van der Waals surface area contributed by atoms with Crippen molar-refractivity contribution in [3.63, 3.8) is 0 Å². The number of amides is 1. The molecule has 140 valence electrons. The number of likely N-dealkylation sites (tertiary alicyclic amines) is 1. The highest BCUT2D eigenvalue weighted by Crippen LogP contribution is 2.24. The van der Waals surface area contributed by atoms with Crippen LogP contribution in [0.15, 0.2) is 18.2 Å². The molecule has 25 heavy (non-hydrogen) atoms. The Hall–Kier alpha value is -1.55. The second-order valence-electron chi connectivity index (χ2n) is 7.70. The van der Waals surface area contributed by atoms with Crippen molar-refractivity contribution < 1.29 is 4.79 Å².